The van der Waals surface area contributed by atoms with E-state index in [9.17, 15) is 18.0 Å². The van der Waals surface area contributed by atoms with Crippen LogP contribution < -0.4 is 0 Å². The van der Waals surface area contributed by atoms with Crippen LogP contribution in [0, 0.1) is 13.8 Å². The molecule has 3 nitrogen and oxygen atoms in total. The number of pyridine rings is 1. The third-order valence-electron chi connectivity index (χ3n) is 2.53. The van der Waals surface area contributed by atoms with Crippen LogP contribution in [0.5, 0.6) is 0 Å². The maximum atomic E-state index is 12.9. The molecule has 0 aliphatic rings. The maximum Gasteiger partial charge on any atom is 0.417 e. The number of alkyl halides is 3. The monoisotopic (exact) mass is 275 g/mol. The van der Waals surface area contributed by atoms with E-state index in [4.69, 9.17) is 5.11 Å². The van der Waals surface area contributed by atoms with Gasteiger partial charge < -0.3 is 5.11 Å². The molecule has 1 N–H and O–H groups in total. The molecule has 2 aromatic heterocycles. The largest absolute Gasteiger partial charge is 0.477 e. The Hall–Kier alpha value is -1.63. The van der Waals surface area contributed by atoms with Gasteiger partial charge >= 0.3 is 12.1 Å². The van der Waals surface area contributed by atoms with E-state index in [0.29, 0.717) is 0 Å². The molecular formula is C11H8F3NO2S. The fourth-order valence-electron chi connectivity index (χ4n) is 1.80. The van der Waals surface area contributed by atoms with E-state index in [1.807, 2.05) is 0 Å². The zero-order valence-electron chi connectivity index (χ0n) is 9.42. The fraction of sp³-hybridized carbons (Fsp3) is 0.273. The summed E-state index contributed by atoms with van der Waals surface area (Å²) in [5, 5.41) is 8.82. The third-order valence-corrected chi connectivity index (χ3v) is 3.70. The summed E-state index contributed by atoms with van der Waals surface area (Å²) >= 11 is 0.766. The van der Waals surface area contributed by atoms with E-state index < -0.39 is 17.7 Å². The molecule has 0 fully saturated rings. The van der Waals surface area contributed by atoms with Gasteiger partial charge in [0, 0.05) is 11.1 Å². The Balaban J connectivity index is 2.91. The predicted octanol–water partition coefficient (Wildman–Crippen LogP) is 3.63. The molecule has 0 saturated heterocycles. The molecule has 2 rings (SSSR count). The molecule has 0 radical (unpaired) electrons. The van der Waals surface area contributed by atoms with Gasteiger partial charge in [0.1, 0.15) is 9.71 Å². The van der Waals surface area contributed by atoms with Crippen molar-refractivity contribution >= 4 is 27.5 Å². The minimum Gasteiger partial charge on any atom is -0.477 e. The molecule has 0 saturated carbocycles. The highest BCUT2D eigenvalue weighted by atomic mass is 32.1. The Bertz CT molecular complexity index is 646. The highest BCUT2D eigenvalue weighted by Crippen LogP contribution is 2.40. The van der Waals surface area contributed by atoms with Crippen LogP contribution in [-0.2, 0) is 6.18 Å². The molecule has 0 atom stereocenters. The number of thiophene rings is 1. The second-order valence-electron chi connectivity index (χ2n) is 3.85. The number of carboxylic acid groups (broad SMARTS) is 1. The molecule has 7 heteroatoms. The number of rotatable bonds is 1. The highest BCUT2D eigenvalue weighted by molar-refractivity contribution is 7.20. The van der Waals surface area contributed by atoms with Gasteiger partial charge in [-0.05, 0) is 25.5 Å². The summed E-state index contributed by atoms with van der Waals surface area (Å²) in [5.74, 6) is -1.23. The summed E-state index contributed by atoms with van der Waals surface area (Å²) in [7, 11) is 0. The molecule has 0 aliphatic heterocycles. The summed E-state index contributed by atoms with van der Waals surface area (Å²) < 4.78 is 38.8. The van der Waals surface area contributed by atoms with Gasteiger partial charge in [-0.2, -0.15) is 13.2 Å². The Morgan fingerprint density at radius 1 is 1.39 bits per heavy atom. The van der Waals surface area contributed by atoms with Crippen LogP contribution in [0.25, 0.3) is 10.2 Å². The van der Waals surface area contributed by atoms with Gasteiger partial charge in [0.05, 0.1) is 5.56 Å². The molecule has 2 aromatic rings. The second kappa shape index (κ2) is 3.94. The Labute approximate surface area is 104 Å². The molecule has 0 bridgehead atoms. The van der Waals surface area contributed by atoms with Crippen LogP contribution in [0.2, 0.25) is 0 Å². The van der Waals surface area contributed by atoms with E-state index in [-0.39, 0.29) is 26.4 Å². The third kappa shape index (κ3) is 1.94. The van der Waals surface area contributed by atoms with Crippen molar-refractivity contribution in [2.45, 2.75) is 20.0 Å². The van der Waals surface area contributed by atoms with Crippen LogP contribution in [-0.4, -0.2) is 16.1 Å². The van der Waals surface area contributed by atoms with Crippen molar-refractivity contribution in [1.29, 1.82) is 0 Å². The van der Waals surface area contributed by atoms with Crippen LogP contribution in [0.4, 0.5) is 13.2 Å². The SMILES string of the molecule is Cc1cc(C(F)(F)F)c2c(C)c(C(=O)O)sc2n1. The second-order valence-corrected chi connectivity index (χ2v) is 4.85. The zero-order chi connectivity index (χ0) is 13.7. The lowest BCUT2D eigenvalue weighted by Crippen LogP contribution is -2.07. The van der Waals surface area contributed by atoms with Crippen LogP contribution in [0.1, 0.15) is 26.5 Å². The number of nitrogens with zero attached hydrogens (tertiary/aromatic N) is 1. The number of fused-ring (bicyclic) bond motifs is 1. The summed E-state index contributed by atoms with van der Waals surface area (Å²) in [5.41, 5.74) is -0.499. The van der Waals surface area contributed by atoms with Crippen molar-refractivity contribution in [3.05, 3.63) is 27.8 Å². The number of hydrogen-bond acceptors (Lipinski definition) is 3. The topological polar surface area (TPSA) is 50.2 Å². The Morgan fingerprint density at radius 3 is 2.50 bits per heavy atom. The minimum absolute atomic E-state index is 0.103. The first kappa shape index (κ1) is 12.8. The standard InChI is InChI=1S/C11H8F3NO2S/c1-4-3-6(11(12,13)14)7-5(2)8(10(16)17)18-9(7)15-4/h3H,1-2H3,(H,16,17). The number of aromatic carboxylic acids is 1. The van der Waals surface area contributed by atoms with E-state index in [2.05, 4.69) is 4.98 Å². The number of carboxylic acids is 1. The summed E-state index contributed by atoms with van der Waals surface area (Å²) in [6, 6.07) is 0.938. The predicted molar refractivity (Wildman–Crippen MR) is 61.1 cm³/mol. The first-order chi connectivity index (χ1) is 8.21. The lowest BCUT2D eigenvalue weighted by molar-refractivity contribution is -0.136. The molecule has 0 amide bonds. The molecule has 18 heavy (non-hydrogen) atoms. The van der Waals surface area contributed by atoms with Gasteiger partial charge in [-0.1, -0.05) is 0 Å². The fourth-order valence-corrected chi connectivity index (χ4v) is 2.89. The van der Waals surface area contributed by atoms with E-state index in [0.717, 1.165) is 17.4 Å². The van der Waals surface area contributed by atoms with Crippen molar-refractivity contribution in [2.75, 3.05) is 0 Å². The summed E-state index contributed by atoms with van der Waals surface area (Å²) in [6.45, 7) is 2.82. The summed E-state index contributed by atoms with van der Waals surface area (Å²) in [6.07, 6.45) is -4.52. The average Bonchev–Trinajstić information content (AvgIpc) is 2.53. The van der Waals surface area contributed by atoms with E-state index in [1.165, 1.54) is 13.8 Å². The summed E-state index contributed by atoms with van der Waals surface area (Å²) in [4.78, 5) is 14.9. The maximum absolute atomic E-state index is 12.9. The van der Waals surface area contributed by atoms with Crippen LogP contribution in [0.3, 0.4) is 0 Å². The molecule has 0 spiro atoms. The van der Waals surface area contributed by atoms with Gasteiger partial charge in [0.2, 0.25) is 0 Å². The normalized spacial score (nSPS) is 12.1. The van der Waals surface area contributed by atoms with Crippen molar-refractivity contribution < 1.29 is 23.1 Å². The Kier molecular flexibility index (Phi) is 2.81. The lowest BCUT2D eigenvalue weighted by Gasteiger charge is -2.09. The lowest BCUT2D eigenvalue weighted by atomic mass is 10.1. The van der Waals surface area contributed by atoms with E-state index in [1.54, 1.807) is 0 Å². The molecule has 0 aliphatic carbocycles. The number of aryl methyl sites for hydroxylation is 2. The van der Waals surface area contributed by atoms with Gasteiger partial charge in [0.15, 0.2) is 0 Å². The average molecular weight is 275 g/mol. The van der Waals surface area contributed by atoms with Crippen LogP contribution in [0.15, 0.2) is 6.07 Å². The van der Waals surface area contributed by atoms with Gasteiger partial charge in [-0.15, -0.1) is 11.3 Å². The Morgan fingerprint density at radius 2 is 2.00 bits per heavy atom. The van der Waals surface area contributed by atoms with Gasteiger partial charge in [-0.25, -0.2) is 9.78 Å². The molecule has 0 unspecified atom stereocenters. The number of hydrogen-bond donors (Lipinski definition) is 1. The number of halogens is 3. The quantitative estimate of drug-likeness (QED) is 0.864. The van der Waals surface area contributed by atoms with Crippen molar-refractivity contribution in [3.63, 3.8) is 0 Å². The highest BCUT2D eigenvalue weighted by Gasteiger charge is 2.35. The first-order valence-corrected chi connectivity index (χ1v) is 5.74. The number of carbonyl (C=O) groups is 1. The zero-order valence-corrected chi connectivity index (χ0v) is 10.2. The smallest absolute Gasteiger partial charge is 0.417 e. The van der Waals surface area contributed by atoms with Crippen molar-refractivity contribution in [1.82, 2.24) is 4.98 Å². The van der Waals surface area contributed by atoms with Gasteiger partial charge in [0.25, 0.3) is 0 Å². The molecular weight excluding hydrogens is 267 g/mol. The van der Waals surface area contributed by atoms with E-state index >= 15 is 0 Å². The molecule has 2 heterocycles. The molecule has 0 aromatic carbocycles. The first-order valence-electron chi connectivity index (χ1n) is 4.93. The minimum atomic E-state index is -4.52. The van der Waals surface area contributed by atoms with Crippen molar-refractivity contribution in [2.24, 2.45) is 0 Å². The number of aromatic nitrogens is 1. The van der Waals surface area contributed by atoms with Crippen molar-refractivity contribution in [3.8, 4) is 0 Å². The van der Waals surface area contributed by atoms with Crippen LogP contribution >= 0.6 is 11.3 Å². The van der Waals surface area contributed by atoms with Gasteiger partial charge in [-0.3, -0.25) is 0 Å². The molecule has 96 valence electrons.